The summed E-state index contributed by atoms with van der Waals surface area (Å²) in [4.78, 5) is 13.9. The molecule has 0 aliphatic heterocycles. The summed E-state index contributed by atoms with van der Waals surface area (Å²) in [6, 6.07) is 6.10. The highest BCUT2D eigenvalue weighted by atomic mass is 32.2. The van der Waals surface area contributed by atoms with E-state index in [2.05, 4.69) is 25.2 Å². The number of anilines is 1. The van der Waals surface area contributed by atoms with Crippen LogP contribution in [0.5, 0.6) is 0 Å². The van der Waals surface area contributed by atoms with Gasteiger partial charge in [-0.05, 0) is 24.0 Å². The number of aryl methyl sites for hydroxylation is 1. The van der Waals surface area contributed by atoms with E-state index < -0.39 is 0 Å². The average Bonchev–Trinajstić information content (AvgIpc) is 2.37. The fraction of sp³-hybridized carbons (Fsp3) is 0.467. The highest BCUT2D eigenvalue weighted by molar-refractivity contribution is 8.23. The van der Waals surface area contributed by atoms with Crippen LogP contribution < -0.4 is 5.32 Å². The SMILES string of the molecule is Cc1cccc(C(C)C)c1NC(=O)CSC(=S)N(C)C. The van der Waals surface area contributed by atoms with Crippen LogP contribution in [0.3, 0.4) is 0 Å². The summed E-state index contributed by atoms with van der Waals surface area (Å²) >= 11 is 6.54. The van der Waals surface area contributed by atoms with Gasteiger partial charge in [0.15, 0.2) is 0 Å². The smallest absolute Gasteiger partial charge is 0.234 e. The number of carbonyl (C=O) groups excluding carboxylic acids is 1. The predicted molar refractivity (Wildman–Crippen MR) is 92.6 cm³/mol. The second-order valence-corrected chi connectivity index (χ2v) is 6.80. The lowest BCUT2D eigenvalue weighted by molar-refractivity contribution is -0.113. The zero-order valence-electron chi connectivity index (χ0n) is 12.7. The second-order valence-electron chi connectivity index (χ2n) is 5.19. The highest BCUT2D eigenvalue weighted by Gasteiger charge is 2.12. The Morgan fingerprint density at radius 1 is 1.40 bits per heavy atom. The third-order valence-electron chi connectivity index (χ3n) is 2.88. The van der Waals surface area contributed by atoms with Crippen LogP contribution in [0.15, 0.2) is 18.2 Å². The number of carbonyl (C=O) groups is 1. The molecule has 0 bridgehead atoms. The van der Waals surface area contributed by atoms with Gasteiger partial charge < -0.3 is 10.2 Å². The van der Waals surface area contributed by atoms with Crippen LogP contribution in [0, 0.1) is 6.92 Å². The van der Waals surface area contributed by atoms with E-state index in [1.807, 2.05) is 38.1 Å². The number of nitrogens with zero attached hydrogens (tertiary/aromatic N) is 1. The lowest BCUT2D eigenvalue weighted by Gasteiger charge is -2.17. The first-order valence-corrected chi connectivity index (χ1v) is 7.95. The van der Waals surface area contributed by atoms with Crippen molar-refractivity contribution >= 4 is 39.9 Å². The lowest BCUT2D eigenvalue weighted by Crippen LogP contribution is -2.21. The van der Waals surface area contributed by atoms with Crippen molar-refractivity contribution in [3.8, 4) is 0 Å². The molecule has 1 aromatic carbocycles. The minimum atomic E-state index is -0.0181. The van der Waals surface area contributed by atoms with Gasteiger partial charge in [-0.2, -0.15) is 0 Å². The van der Waals surface area contributed by atoms with Crippen molar-refractivity contribution in [3.63, 3.8) is 0 Å². The monoisotopic (exact) mass is 310 g/mol. The van der Waals surface area contributed by atoms with Crippen LogP contribution in [-0.4, -0.2) is 35.0 Å². The summed E-state index contributed by atoms with van der Waals surface area (Å²) in [6.45, 7) is 6.26. The standard InChI is InChI=1S/C15H22N2OS2/c1-10(2)12-8-6-7-11(3)14(12)16-13(18)9-20-15(19)17(4)5/h6-8,10H,9H2,1-5H3,(H,16,18). The zero-order chi connectivity index (χ0) is 15.3. The van der Waals surface area contributed by atoms with Crippen LogP contribution in [0.25, 0.3) is 0 Å². The van der Waals surface area contributed by atoms with Crippen LogP contribution in [0.1, 0.15) is 30.9 Å². The number of amides is 1. The van der Waals surface area contributed by atoms with Gasteiger partial charge >= 0.3 is 0 Å². The van der Waals surface area contributed by atoms with Crippen molar-refractivity contribution in [3.05, 3.63) is 29.3 Å². The normalized spacial score (nSPS) is 10.5. The number of hydrogen-bond donors (Lipinski definition) is 1. The van der Waals surface area contributed by atoms with Crippen molar-refractivity contribution in [1.82, 2.24) is 4.90 Å². The molecule has 1 amide bonds. The lowest BCUT2D eigenvalue weighted by atomic mass is 9.98. The molecule has 0 atom stereocenters. The number of thioether (sulfide) groups is 1. The first-order valence-electron chi connectivity index (χ1n) is 6.56. The highest BCUT2D eigenvalue weighted by Crippen LogP contribution is 2.27. The molecule has 0 aromatic heterocycles. The Morgan fingerprint density at radius 2 is 2.05 bits per heavy atom. The van der Waals surface area contributed by atoms with Gasteiger partial charge in [-0.25, -0.2) is 0 Å². The summed E-state index contributed by atoms with van der Waals surface area (Å²) < 4.78 is 0.717. The van der Waals surface area contributed by atoms with Gasteiger partial charge in [0.05, 0.1) is 5.75 Å². The molecule has 1 aromatic rings. The molecule has 0 saturated carbocycles. The fourth-order valence-corrected chi connectivity index (χ4v) is 2.54. The van der Waals surface area contributed by atoms with Crippen molar-refractivity contribution in [2.24, 2.45) is 0 Å². The van der Waals surface area contributed by atoms with Gasteiger partial charge in [-0.1, -0.05) is 56.0 Å². The van der Waals surface area contributed by atoms with Gasteiger partial charge in [0.25, 0.3) is 0 Å². The molecule has 1 rings (SSSR count). The van der Waals surface area contributed by atoms with E-state index in [0.29, 0.717) is 16.0 Å². The molecule has 0 aliphatic carbocycles. The Bertz CT molecular complexity index is 499. The second kappa shape index (κ2) is 7.64. The number of rotatable bonds is 4. The Kier molecular flexibility index (Phi) is 6.49. The molecular formula is C15H22N2OS2. The Labute approximate surface area is 131 Å². The summed E-state index contributed by atoms with van der Waals surface area (Å²) in [5.74, 6) is 0.694. The summed E-state index contributed by atoms with van der Waals surface area (Å²) in [5.41, 5.74) is 3.19. The summed E-state index contributed by atoms with van der Waals surface area (Å²) in [5, 5.41) is 3.02. The predicted octanol–water partition coefficient (Wildman–Crippen LogP) is 3.64. The number of para-hydroxylation sites is 1. The Hall–Kier alpha value is -1.07. The summed E-state index contributed by atoms with van der Waals surface area (Å²) in [7, 11) is 3.76. The molecule has 3 nitrogen and oxygen atoms in total. The molecule has 20 heavy (non-hydrogen) atoms. The zero-order valence-corrected chi connectivity index (χ0v) is 14.3. The average molecular weight is 310 g/mol. The minimum Gasteiger partial charge on any atom is -0.364 e. The van der Waals surface area contributed by atoms with Crippen molar-refractivity contribution in [1.29, 1.82) is 0 Å². The quantitative estimate of drug-likeness (QED) is 0.861. The molecule has 1 N–H and O–H groups in total. The topological polar surface area (TPSA) is 32.3 Å². The van der Waals surface area contributed by atoms with E-state index in [-0.39, 0.29) is 5.91 Å². The van der Waals surface area contributed by atoms with Gasteiger partial charge in [0.2, 0.25) is 5.91 Å². The number of nitrogens with one attached hydrogen (secondary N) is 1. The van der Waals surface area contributed by atoms with Gasteiger partial charge in [-0.15, -0.1) is 0 Å². The van der Waals surface area contributed by atoms with Gasteiger partial charge in [0, 0.05) is 19.8 Å². The molecule has 0 spiro atoms. The molecule has 0 radical (unpaired) electrons. The maximum Gasteiger partial charge on any atom is 0.234 e. The van der Waals surface area contributed by atoms with Gasteiger partial charge in [-0.3, -0.25) is 4.79 Å². The van der Waals surface area contributed by atoms with E-state index >= 15 is 0 Å². The summed E-state index contributed by atoms with van der Waals surface area (Å²) in [6.07, 6.45) is 0. The molecule has 0 fully saturated rings. The van der Waals surface area contributed by atoms with Crippen LogP contribution in [0.4, 0.5) is 5.69 Å². The molecule has 0 heterocycles. The molecule has 5 heteroatoms. The number of thiocarbonyl (C=S) groups is 1. The number of hydrogen-bond acceptors (Lipinski definition) is 3. The van der Waals surface area contributed by atoms with E-state index in [1.165, 1.54) is 17.3 Å². The Morgan fingerprint density at radius 3 is 2.60 bits per heavy atom. The fourth-order valence-electron chi connectivity index (χ4n) is 1.77. The molecular weight excluding hydrogens is 288 g/mol. The van der Waals surface area contributed by atoms with E-state index in [9.17, 15) is 4.79 Å². The van der Waals surface area contributed by atoms with E-state index in [1.54, 1.807) is 0 Å². The van der Waals surface area contributed by atoms with E-state index in [0.717, 1.165) is 11.3 Å². The molecule has 110 valence electrons. The molecule has 0 aliphatic rings. The minimum absolute atomic E-state index is 0.0181. The van der Waals surface area contributed by atoms with Crippen LogP contribution in [-0.2, 0) is 4.79 Å². The Balaban J connectivity index is 2.73. The maximum atomic E-state index is 12.1. The largest absolute Gasteiger partial charge is 0.364 e. The van der Waals surface area contributed by atoms with Crippen LogP contribution >= 0.6 is 24.0 Å². The maximum absolute atomic E-state index is 12.1. The van der Waals surface area contributed by atoms with Crippen molar-refractivity contribution < 1.29 is 4.79 Å². The third kappa shape index (κ3) is 4.80. The third-order valence-corrected chi connectivity index (χ3v) is 4.62. The van der Waals surface area contributed by atoms with Crippen LogP contribution in [0.2, 0.25) is 0 Å². The number of benzene rings is 1. The first kappa shape index (κ1) is 17.0. The van der Waals surface area contributed by atoms with Gasteiger partial charge in [0.1, 0.15) is 4.32 Å². The molecule has 0 saturated heterocycles. The van der Waals surface area contributed by atoms with Crippen molar-refractivity contribution in [2.75, 3.05) is 25.2 Å². The molecule has 0 unspecified atom stereocenters. The van der Waals surface area contributed by atoms with E-state index in [4.69, 9.17) is 12.2 Å². The first-order chi connectivity index (χ1) is 9.32. The van der Waals surface area contributed by atoms with Crippen molar-refractivity contribution in [2.45, 2.75) is 26.7 Å².